The lowest BCUT2D eigenvalue weighted by atomic mass is 9.99. The molecule has 0 saturated carbocycles. The number of carbonyl (C=O) groups excluding carboxylic acids is 1. The molecule has 1 heterocycles. The van der Waals surface area contributed by atoms with E-state index in [-0.39, 0.29) is 5.91 Å². The minimum absolute atomic E-state index is 0.155. The van der Waals surface area contributed by atoms with Crippen molar-refractivity contribution in [2.45, 2.75) is 19.8 Å². The van der Waals surface area contributed by atoms with Gasteiger partial charge in [0.2, 0.25) is 0 Å². The number of carbonyl (C=O) groups is 1. The van der Waals surface area contributed by atoms with Gasteiger partial charge in [-0.25, -0.2) is 4.39 Å². The van der Waals surface area contributed by atoms with Gasteiger partial charge in [-0.2, -0.15) is 0 Å². The van der Waals surface area contributed by atoms with E-state index in [9.17, 15) is 9.18 Å². The van der Waals surface area contributed by atoms with Crippen LogP contribution in [-0.4, -0.2) is 12.5 Å². The van der Waals surface area contributed by atoms with Crippen LogP contribution in [0.25, 0.3) is 0 Å². The van der Waals surface area contributed by atoms with E-state index in [4.69, 9.17) is 5.73 Å². The van der Waals surface area contributed by atoms with Crippen molar-refractivity contribution < 1.29 is 9.18 Å². The number of halogens is 1. The first-order chi connectivity index (χ1) is 10.1. The van der Waals surface area contributed by atoms with Gasteiger partial charge in [-0.05, 0) is 61.2 Å². The predicted octanol–water partition coefficient (Wildman–Crippen LogP) is 3.31. The normalized spacial score (nSPS) is 13.9. The fraction of sp³-hybridized carbons (Fsp3) is 0.235. The van der Waals surface area contributed by atoms with Gasteiger partial charge in [0.1, 0.15) is 5.82 Å². The van der Waals surface area contributed by atoms with E-state index >= 15 is 0 Å². The molecule has 1 aliphatic heterocycles. The zero-order valence-electron chi connectivity index (χ0n) is 11.9. The lowest BCUT2D eigenvalue weighted by Crippen LogP contribution is -2.36. The SMILES string of the molecule is Cc1ccc(F)cc1C(=O)N1CCCc2cc(N)ccc21. The van der Waals surface area contributed by atoms with Crippen molar-refractivity contribution in [1.29, 1.82) is 0 Å². The molecule has 0 atom stereocenters. The van der Waals surface area contributed by atoms with Gasteiger partial charge in [0.05, 0.1) is 0 Å². The third kappa shape index (κ3) is 2.49. The highest BCUT2D eigenvalue weighted by atomic mass is 19.1. The Balaban J connectivity index is 2.02. The van der Waals surface area contributed by atoms with E-state index in [0.717, 1.165) is 29.7 Å². The molecule has 21 heavy (non-hydrogen) atoms. The van der Waals surface area contributed by atoms with Gasteiger partial charge in [0.15, 0.2) is 0 Å². The Hall–Kier alpha value is -2.36. The van der Waals surface area contributed by atoms with Gasteiger partial charge in [-0.15, -0.1) is 0 Å². The smallest absolute Gasteiger partial charge is 0.258 e. The number of fused-ring (bicyclic) bond motifs is 1. The molecule has 2 N–H and O–H groups in total. The largest absolute Gasteiger partial charge is 0.399 e. The molecule has 0 fully saturated rings. The van der Waals surface area contributed by atoms with Crippen molar-refractivity contribution in [3.05, 3.63) is 58.9 Å². The van der Waals surface area contributed by atoms with Gasteiger partial charge in [0.25, 0.3) is 5.91 Å². The quantitative estimate of drug-likeness (QED) is 0.817. The number of nitrogen functional groups attached to an aromatic ring is 1. The first kappa shape index (κ1) is 13.6. The second-order valence-corrected chi connectivity index (χ2v) is 5.41. The highest BCUT2D eigenvalue weighted by molar-refractivity contribution is 6.07. The number of aryl methyl sites for hydroxylation is 2. The van der Waals surface area contributed by atoms with Gasteiger partial charge in [-0.3, -0.25) is 4.79 Å². The molecule has 2 aromatic carbocycles. The van der Waals surface area contributed by atoms with Crippen LogP contribution >= 0.6 is 0 Å². The van der Waals surface area contributed by atoms with E-state index in [0.29, 0.717) is 17.8 Å². The number of hydrogen-bond acceptors (Lipinski definition) is 2. The maximum Gasteiger partial charge on any atom is 0.258 e. The summed E-state index contributed by atoms with van der Waals surface area (Å²) in [5.41, 5.74) is 9.65. The second-order valence-electron chi connectivity index (χ2n) is 5.41. The fourth-order valence-electron chi connectivity index (χ4n) is 2.80. The average Bonchev–Trinajstić information content (AvgIpc) is 2.48. The number of hydrogen-bond donors (Lipinski definition) is 1. The van der Waals surface area contributed by atoms with Crippen LogP contribution in [0.2, 0.25) is 0 Å². The molecule has 0 unspecified atom stereocenters. The number of anilines is 2. The topological polar surface area (TPSA) is 46.3 Å². The Morgan fingerprint density at radius 1 is 1.24 bits per heavy atom. The number of nitrogens with zero attached hydrogens (tertiary/aromatic N) is 1. The summed E-state index contributed by atoms with van der Waals surface area (Å²) >= 11 is 0. The van der Waals surface area contributed by atoms with Crippen LogP contribution in [0.1, 0.15) is 27.9 Å². The lowest BCUT2D eigenvalue weighted by molar-refractivity contribution is 0.0984. The summed E-state index contributed by atoms with van der Waals surface area (Å²) < 4.78 is 13.4. The maximum absolute atomic E-state index is 13.4. The van der Waals surface area contributed by atoms with E-state index in [1.54, 1.807) is 17.0 Å². The molecule has 2 aromatic rings. The molecule has 0 bridgehead atoms. The van der Waals surface area contributed by atoms with Crippen molar-refractivity contribution >= 4 is 17.3 Å². The number of benzene rings is 2. The van der Waals surface area contributed by atoms with E-state index in [1.165, 1.54) is 12.1 Å². The molecule has 3 rings (SSSR count). The predicted molar refractivity (Wildman–Crippen MR) is 82.0 cm³/mol. The van der Waals surface area contributed by atoms with Crippen molar-refractivity contribution in [3.63, 3.8) is 0 Å². The second kappa shape index (κ2) is 5.20. The zero-order valence-corrected chi connectivity index (χ0v) is 11.9. The van der Waals surface area contributed by atoms with Crippen LogP contribution in [-0.2, 0) is 6.42 Å². The highest BCUT2D eigenvalue weighted by Gasteiger charge is 2.24. The molecule has 108 valence electrons. The first-order valence-corrected chi connectivity index (χ1v) is 7.02. The third-order valence-corrected chi connectivity index (χ3v) is 3.90. The maximum atomic E-state index is 13.4. The summed E-state index contributed by atoms with van der Waals surface area (Å²) in [5, 5.41) is 0. The third-order valence-electron chi connectivity index (χ3n) is 3.90. The number of nitrogens with two attached hydrogens (primary N) is 1. The standard InChI is InChI=1S/C17H17FN2O/c1-11-4-5-13(18)10-15(11)17(21)20-8-2-3-12-9-14(19)6-7-16(12)20/h4-7,9-10H,2-3,8,19H2,1H3. The molecule has 0 aromatic heterocycles. The monoisotopic (exact) mass is 284 g/mol. The number of rotatable bonds is 1. The van der Waals surface area contributed by atoms with Crippen molar-refractivity contribution in [1.82, 2.24) is 0 Å². The minimum atomic E-state index is -0.390. The van der Waals surface area contributed by atoms with E-state index < -0.39 is 5.82 Å². The Morgan fingerprint density at radius 2 is 2.05 bits per heavy atom. The van der Waals surface area contributed by atoms with Crippen LogP contribution in [0.4, 0.5) is 15.8 Å². The van der Waals surface area contributed by atoms with Crippen LogP contribution in [0.5, 0.6) is 0 Å². The van der Waals surface area contributed by atoms with Crippen LogP contribution < -0.4 is 10.6 Å². The molecule has 0 saturated heterocycles. The summed E-state index contributed by atoms with van der Waals surface area (Å²) in [6.07, 6.45) is 1.79. The summed E-state index contributed by atoms with van der Waals surface area (Å²) in [5.74, 6) is -0.545. The molecule has 0 spiro atoms. The Labute approximate surface area is 123 Å². The van der Waals surface area contributed by atoms with Crippen LogP contribution in [0.3, 0.4) is 0 Å². The number of amides is 1. The Bertz CT molecular complexity index is 712. The first-order valence-electron chi connectivity index (χ1n) is 7.02. The molecule has 4 heteroatoms. The van der Waals surface area contributed by atoms with Crippen molar-refractivity contribution in [2.75, 3.05) is 17.2 Å². The highest BCUT2D eigenvalue weighted by Crippen LogP contribution is 2.30. The molecule has 1 amide bonds. The molecule has 0 radical (unpaired) electrons. The molecule has 3 nitrogen and oxygen atoms in total. The van der Waals surface area contributed by atoms with Crippen LogP contribution in [0, 0.1) is 12.7 Å². The van der Waals surface area contributed by atoms with Crippen molar-refractivity contribution in [2.24, 2.45) is 0 Å². The minimum Gasteiger partial charge on any atom is -0.399 e. The van der Waals surface area contributed by atoms with E-state index in [1.807, 2.05) is 19.1 Å². The summed E-state index contributed by atoms with van der Waals surface area (Å²) in [6, 6.07) is 9.89. The Kier molecular flexibility index (Phi) is 3.37. The van der Waals surface area contributed by atoms with Gasteiger partial charge >= 0.3 is 0 Å². The lowest BCUT2D eigenvalue weighted by Gasteiger charge is -2.30. The Morgan fingerprint density at radius 3 is 2.86 bits per heavy atom. The van der Waals surface area contributed by atoms with Crippen LogP contribution in [0.15, 0.2) is 36.4 Å². The average molecular weight is 284 g/mol. The molecular weight excluding hydrogens is 267 g/mol. The molecule has 0 aliphatic carbocycles. The summed E-state index contributed by atoms with van der Waals surface area (Å²) in [7, 11) is 0. The summed E-state index contributed by atoms with van der Waals surface area (Å²) in [4.78, 5) is 14.5. The zero-order chi connectivity index (χ0) is 15.0. The van der Waals surface area contributed by atoms with Gasteiger partial charge in [0, 0.05) is 23.5 Å². The molecular formula is C17H17FN2O. The molecule has 1 aliphatic rings. The van der Waals surface area contributed by atoms with Crippen molar-refractivity contribution in [3.8, 4) is 0 Å². The summed E-state index contributed by atoms with van der Waals surface area (Å²) in [6.45, 7) is 2.46. The van der Waals surface area contributed by atoms with E-state index in [2.05, 4.69) is 0 Å². The fourth-order valence-corrected chi connectivity index (χ4v) is 2.80. The van der Waals surface area contributed by atoms with Gasteiger partial charge < -0.3 is 10.6 Å². The van der Waals surface area contributed by atoms with Gasteiger partial charge in [-0.1, -0.05) is 6.07 Å².